The van der Waals surface area contributed by atoms with E-state index in [1.54, 1.807) is 12.4 Å². The van der Waals surface area contributed by atoms with Crippen molar-refractivity contribution in [3.05, 3.63) is 110 Å². The Morgan fingerprint density at radius 2 is 1.50 bits per heavy atom. The number of rotatable bonds is 4. The molecule has 0 radical (unpaired) electrons. The van der Waals surface area contributed by atoms with Gasteiger partial charge in [0.25, 0.3) is 0 Å². The largest absolute Gasteiger partial charge is 0.301 e. The molecule has 152 valence electrons. The van der Waals surface area contributed by atoms with Crippen molar-refractivity contribution in [2.75, 3.05) is 0 Å². The van der Waals surface area contributed by atoms with E-state index in [4.69, 9.17) is 4.98 Å². The number of fused-ring (bicyclic) bond motifs is 1. The SMILES string of the molecule is c1ccc(-c2cn(-c3cccnc3)c(-c3ccc(-n4ccc5cccnc54)cc3)n2)nc1. The molecule has 1 aromatic carbocycles. The fraction of sp³-hybridized carbons (Fsp3) is 0. The summed E-state index contributed by atoms with van der Waals surface area (Å²) < 4.78 is 4.14. The van der Waals surface area contributed by atoms with E-state index in [9.17, 15) is 0 Å². The predicted molar refractivity (Wildman–Crippen MR) is 125 cm³/mol. The van der Waals surface area contributed by atoms with E-state index < -0.39 is 0 Å². The molecule has 0 fully saturated rings. The lowest BCUT2D eigenvalue weighted by Crippen LogP contribution is -1.97. The van der Waals surface area contributed by atoms with Crippen LogP contribution in [0.1, 0.15) is 0 Å². The van der Waals surface area contributed by atoms with Gasteiger partial charge in [0, 0.05) is 47.6 Å². The summed E-state index contributed by atoms with van der Waals surface area (Å²) in [5.74, 6) is 0.834. The van der Waals surface area contributed by atoms with Gasteiger partial charge in [0.2, 0.25) is 0 Å². The molecule has 0 saturated heterocycles. The maximum atomic E-state index is 4.92. The fourth-order valence-corrected chi connectivity index (χ4v) is 3.86. The third-order valence-corrected chi connectivity index (χ3v) is 5.41. The second kappa shape index (κ2) is 7.59. The summed E-state index contributed by atoms with van der Waals surface area (Å²) in [6.45, 7) is 0. The van der Waals surface area contributed by atoms with Crippen LogP contribution in [0.25, 0.3) is 45.2 Å². The molecule has 6 heteroatoms. The molecule has 0 bridgehead atoms. The van der Waals surface area contributed by atoms with Gasteiger partial charge >= 0.3 is 0 Å². The summed E-state index contributed by atoms with van der Waals surface area (Å²) in [4.78, 5) is 18.2. The molecule has 0 saturated carbocycles. The van der Waals surface area contributed by atoms with E-state index in [1.165, 1.54) is 0 Å². The number of imidazole rings is 1. The number of nitrogens with zero attached hydrogens (tertiary/aromatic N) is 6. The Bertz CT molecular complexity index is 1500. The number of aromatic nitrogens is 6. The highest BCUT2D eigenvalue weighted by atomic mass is 15.1. The van der Waals surface area contributed by atoms with Crippen molar-refractivity contribution < 1.29 is 0 Å². The van der Waals surface area contributed by atoms with E-state index in [0.717, 1.165) is 45.2 Å². The zero-order chi connectivity index (χ0) is 21.3. The van der Waals surface area contributed by atoms with Crippen LogP contribution < -0.4 is 0 Å². The first-order valence-corrected chi connectivity index (χ1v) is 10.3. The topological polar surface area (TPSA) is 61.4 Å². The molecular weight excluding hydrogens is 396 g/mol. The van der Waals surface area contributed by atoms with Gasteiger partial charge in [-0.25, -0.2) is 9.97 Å². The highest BCUT2D eigenvalue weighted by Crippen LogP contribution is 2.28. The van der Waals surface area contributed by atoms with Gasteiger partial charge in [-0.2, -0.15) is 0 Å². The molecule has 0 N–H and O–H groups in total. The van der Waals surface area contributed by atoms with E-state index in [1.807, 2.05) is 61.2 Å². The summed E-state index contributed by atoms with van der Waals surface area (Å²) >= 11 is 0. The van der Waals surface area contributed by atoms with Gasteiger partial charge in [-0.1, -0.05) is 6.07 Å². The zero-order valence-corrected chi connectivity index (χ0v) is 17.1. The molecule has 0 atom stereocenters. The normalized spacial score (nSPS) is 11.1. The van der Waals surface area contributed by atoms with Crippen LogP contribution in [0, 0.1) is 0 Å². The van der Waals surface area contributed by atoms with Crippen molar-refractivity contribution in [1.29, 1.82) is 0 Å². The lowest BCUT2D eigenvalue weighted by Gasteiger charge is -2.09. The van der Waals surface area contributed by atoms with Crippen molar-refractivity contribution in [3.63, 3.8) is 0 Å². The Hall–Kier alpha value is -4.58. The lowest BCUT2D eigenvalue weighted by molar-refractivity contribution is 1.05. The Balaban J connectivity index is 1.45. The molecule has 32 heavy (non-hydrogen) atoms. The zero-order valence-electron chi connectivity index (χ0n) is 17.1. The third-order valence-electron chi connectivity index (χ3n) is 5.41. The maximum absolute atomic E-state index is 4.92. The fourth-order valence-electron chi connectivity index (χ4n) is 3.86. The molecular formula is C26H18N6. The molecule has 0 unspecified atom stereocenters. The molecule has 0 amide bonds. The lowest BCUT2D eigenvalue weighted by atomic mass is 10.2. The first kappa shape index (κ1) is 18.2. The van der Waals surface area contributed by atoms with E-state index >= 15 is 0 Å². The van der Waals surface area contributed by atoms with E-state index in [2.05, 4.69) is 60.5 Å². The Labute approximate surface area is 184 Å². The van der Waals surface area contributed by atoms with Gasteiger partial charge in [-0.15, -0.1) is 0 Å². The van der Waals surface area contributed by atoms with Crippen molar-refractivity contribution in [2.24, 2.45) is 0 Å². The Kier molecular flexibility index (Phi) is 4.32. The second-order valence-electron chi connectivity index (χ2n) is 7.39. The van der Waals surface area contributed by atoms with Crippen molar-refractivity contribution in [1.82, 2.24) is 29.1 Å². The summed E-state index contributed by atoms with van der Waals surface area (Å²) in [6, 6.07) is 24.2. The molecule has 0 spiro atoms. The third kappa shape index (κ3) is 3.15. The second-order valence-corrected chi connectivity index (χ2v) is 7.39. The number of benzene rings is 1. The minimum absolute atomic E-state index is 0.814. The molecule has 0 aliphatic rings. The van der Waals surface area contributed by atoms with Crippen molar-refractivity contribution in [2.45, 2.75) is 0 Å². The molecule has 5 heterocycles. The van der Waals surface area contributed by atoms with Crippen LogP contribution in [0.15, 0.2) is 110 Å². The first-order valence-electron chi connectivity index (χ1n) is 10.3. The summed E-state index contributed by atoms with van der Waals surface area (Å²) in [5.41, 5.74) is 5.58. The van der Waals surface area contributed by atoms with Crippen LogP contribution >= 0.6 is 0 Å². The summed E-state index contributed by atoms with van der Waals surface area (Å²) in [5, 5.41) is 1.11. The average molecular weight is 414 g/mol. The predicted octanol–water partition coefficient (Wildman–Crippen LogP) is 5.34. The molecule has 6 aromatic rings. The number of hydrogen-bond acceptors (Lipinski definition) is 4. The number of hydrogen-bond donors (Lipinski definition) is 0. The average Bonchev–Trinajstić information content (AvgIpc) is 3.51. The smallest absolute Gasteiger partial charge is 0.145 e. The minimum atomic E-state index is 0.814. The van der Waals surface area contributed by atoms with Crippen LogP contribution in [0.4, 0.5) is 0 Å². The van der Waals surface area contributed by atoms with Crippen molar-refractivity contribution in [3.8, 4) is 34.2 Å². The monoisotopic (exact) mass is 414 g/mol. The van der Waals surface area contributed by atoms with Gasteiger partial charge in [0.1, 0.15) is 17.2 Å². The molecule has 0 aliphatic heterocycles. The van der Waals surface area contributed by atoms with Crippen LogP contribution in [-0.4, -0.2) is 29.1 Å². The highest BCUT2D eigenvalue weighted by molar-refractivity contribution is 5.78. The van der Waals surface area contributed by atoms with Crippen LogP contribution in [0.5, 0.6) is 0 Å². The number of pyridine rings is 3. The van der Waals surface area contributed by atoms with E-state index in [-0.39, 0.29) is 0 Å². The Morgan fingerprint density at radius 3 is 2.31 bits per heavy atom. The van der Waals surface area contributed by atoms with Gasteiger partial charge in [0.05, 0.1) is 17.6 Å². The summed E-state index contributed by atoms with van der Waals surface area (Å²) in [6.07, 6.45) is 11.2. The van der Waals surface area contributed by atoms with Crippen LogP contribution in [0.3, 0.4) is 0 Å². The molecule has 6 rings (SSSR count). The van der Waals surface area contributed by atoms with Crippen LogP contribution in [-0.2, 0) is 0 Å². The Morgan fingerprint density at radius 1 is 0.625 bits per heavy atom. The van der Waals surface area contributed by atoms with Gasteiger partial charge in [-0.3, -0.25) is 14.5 Å². The minimum Gasteiger partial charge on any atom is -0.301 e. The molecule has 0 aliphatic carbocycles. The summed E-state index contributed by atoms with van der Waals surface area (Å²) in [7, 11) is 0. The maximum Gasteiger partial charge on any atom is 0.145 e. The van der Waals surface area contributed by atoms with Crippen LogP contribution in [0.2, 0.25) is 0 Å². The standard InChI is InChI=1S/C26H18N6/c1-2-14-28-23(7-1)24-18-32(22-6-4-13-27-17-22)26(30-24)20-8-10-21(11-9-20)31-16-12-19-5-3-15-29-25(19)31/h1-18H. The van der Waals surface area contributed by atoms with Gasteiger partial charge in [-0.05, 0) is 66.7 Å². The molecule has 5 aromatic heterocycles. The van der Waals surface area contributed by atoms with Crippen molar-refractivity contribution >= 4 is 11.0 Å². The quantitative estimate of drug-likeness (QED) is 0.391. The molecule has 6 nitrogen and oxygen atoms in total. The van der Waals surface area contributed by atoms with E-state index in [0.29, 0.717) is 0 Å². The first-order chi connectivity index (χ1) is 15.9. The highest BCUT2D eigenvalue weighted by Gasteiger charge is 2.14. The van der Waals surface area contributed by atoms with Gasteiger partial charge in [0.15, 0.2) is 0 Å². The van der Waals surface area contributed by atoms with Gasteiger partial charge < -0.3 is 4.57 Å².